The fourth-order valence-electron chi connectivity index (χ4n) is 4.22. The largest absolute Gasteiger partial charge is 0.480 e. The number of aliphatic hydroxyl groups excluding tert-OH is 1. The van der Waals surface area contributed by atoms with Crippen LogP contribution in [0.1, 0.15) is 11.7 Å². The first-order valence-corrected chi connectivity index (χ1v) is 13.9. The Morgan fingerprint density at radius 3 is 2.65 bits per heavy atom. The minimum atomic E-state index is -1.57. The number of fused-ring (bicyclic) bond motifs is 2. The fourth-order valence-corrected chi connectivity index (χ4v) is 6.75. The number of nitrogens with zero attached hydrogens (tertiary/aromatic N) is 5. The maximum absolute atomic E-state index is 12.9. The molecule has 3 aromatic rings. The number of carboxylic acid groups (broad SMARTS) is 2. The average Bonchev–Trinajstić information content (AvgIpc) is 3.22. The molecule has 1 saturated heterocycles. The van der Waals surface area contributed by atoms with Crippen LogP contribution in [0.15, 0.2) is 57.5 Å². The molecule has 0 spiro atoms. The molecule has 1 aromatic carbocycles. The minimum absolute atomic E-state index is 0.131. The van der Waals surface area contributed by atoms with E-state index >= 15 is 0 Å². The van der Waals surface area contributed by atoms with E-state index in [4.69, 9.17) is 16.7 Å². The van der Waals surface area contributed by atoms with Gasteiger partial charge in [-0.15, -0.1) is 28.6 Å². The molecule has 4 N–H and O–H groups in total. The first-order valence-electron chi connectivity index (χ1n) is 11.5. The third-order valence-electron chi connectivity index (χ3n) is 6.06. The van der Waals surface area contributed by atoms with E-state index in [1.54, 1.807) is 18.2 Å². The predicted molar refractivity (Wildman–Crippen MR) is 142 cm³/mol. The van der Waals surface area contributed by atoms with Crippen molar-refractivity contribution in [2.24, 2.45) is 0 Å². The third-order valence-corrected chi connectivity index (χ3v) is 8.64. The number of thioether (sulfide) groups is 2. The van der Waals surface area contributed by atoms with Gasteiger partial charge in [-0.1, -0.05) is 23.7 Å². The molecular formula is C23H19ClN6O8S2. The summed E-state index contributed by atoms with van der Waals surface area (Å²) >= 11 is 8.31. The maximum Gasteiger partial charge on any atom is 0.367 e. The molecule has 17 heteroatoms. The van der Waals surface area contributed by atoms with Crippen molar-refractivity contribution in [3.05, 3.63) is 68.7 Å². The smallest absolute Gasteiger partial charge is 0.367 e. The number of β-lactam (4-membered cyclic amide) rings is 1. The van der Waals surface area contributed by atoms with Gasteiger partial charge in [0.1, 0.15) is 28.7 Å². The van der Waals surface area contributed by atoms with E-state index in [0.717, 1.165) is 25.9 Å². The number of amides is 2. The van der Waals surface area contributed by atoms with Crippen LogP contribution in [-0.4, -0.2) is 86.3 Å². The van der Waals surface area contributed by atoms with Gasteiger partial charge in [-0.25, -0.2) is 9.59 Å². The second-order valence-electron chi connectivity index (χ2n) is 8.68. The normalized spacial score (nSPS) is 19.2. The summed E-state index contributed by atoms with van der Waals surface area (Å²) in [6.07, 6.45) is -1.57. The highest BCUT2D eigenvalue weighted by atomic mass is 35.5. The molecule has 2 amide bonds. The number of aromatic nitrogens is 4. The SMILES string of the molecule is O=C(O)Cn1nc2ccc(SCC3=C(C(=O)O)N4C(=O)C(NC(=O)[C@H](O)c5cccc(Cl)c5)[C@H]4SC3)nn2c1=O. The first-order chi connectivity index (χ1) is 19.0. The van der Waals surface area contributed by atoms with Crippen molar-refractivity contribution in [3.63, 3.8) is 0 Å². The van der Waals surface area contributed by atoms with Gasteiger partial charge < -0.3 is 20.6 Å². The van der Waals surface area contributed by atoms with Crippen molar-refractivity contribution in [1.29, 1.82) is 0 Å². The summed E-state index contributed by atoms with van der Waals surface area (Å²) in [4.78, 5) is 62.1. The zero-order chi connectivity index (χ0) is 28.7. The number of aliphatic hydroxyl groups is 1. The van der Waals surface area contributed by atoms with Gasteiger partial charge in [0.05, 0.1) is 0 Å². The molecule has 2 aromatic heterocycles. The summed E-state index contributed by atoms with van der Waals surface area (Å²) in [7, 11) is 0. The van der Waals surface area contributed by atoms with Crippen LogP contribution in [0.25, 0.3) is 5.65 Å². The number of hydrogen-bond donors (Lipinski definition) is 4. The van der Waals surface area contributed by atoms with Crippen LogP contribution in [0.3, 0.4) is 0 Å². The molecular weight excluding hydrogens is 588 g/mol. The summed E-state index contributed by atoms with van der Waals surface area (Å²) in [5.41, 5.74) is -0.0992. The molecule has 0 radical (unpaired) electrons. The van der Waals surface area contributed by atoms with E-state index in [2.05, 4.69) is 15.5 Å². The molecule has 1 unspecified atom stereocenters. The molecule has 2 aliphatic heterocycles. The van der Waals surface area contributed by atoms with Gasteiger partial charge in [0.2, 0.25) is 0 Å². The number of hydrogen-bond acceptors (Lipinski definition) is 10. The van der Waals surface area contributed by atoms with Crippen LogP contribution in [0, 0.1) is 0 Å². The van der Waals surface area contributed by atoms with Gasteiger partial charge in [0.15, 0.2) is 11.8 Å². The quantitative estimate of drug-likeness (QED) is 0.191. The monoisotopic (exact) mass is 606 g/mol. The van der Waals surface area contributed by atoms with E-state index in [1.807, 2.05) is 0 Å². The molecule has 2 aliphatic rings. The molecule has 14 nitrogen and oxygen atoms in total. The lowest BCUT2D eigenvalue weighted by Crippen LogP contribution is -2.70. The molecule has 1 fully saturated rings. The molecule has 4 heterocycles. The van der Waals surface area contributed by atoms with Crippen molar-refractivity contribution >= 4 is 64.5 Å². The lowest BCUT2D eigenvalue weighted by Gasteiger charge is -2.49. The number of nitrogens with one attached hydrogen (secondary N) is 1. The Hall–Kier alpha value is -3.86. The number of halogens is 1. The van der Waals surface area contributed by atoms with Crippen molar-refractivity contribution in [2.45, 2.75) is 29.1 Å². The van der Waals surface area contributed by atoms with Crippen LogP contribution in [0.4, 0.5) is 0 Å². The molecule has 5 rings (SSSR count). The summed E-state index contributed by atoms with van der Waals surface area (Å²) in [6.45, 7) is -0.622. The van der Waals surface area contributed by atoms with E-state index in [9.17, 15) is 34.2 Å². The zero-order valence-electron chi connectivity index (χ0n) is 20.1. The first kappa shape index (κ1) is 27.7. The molecule has 0 saturated carbocycles. The lowest BCUT2D eigenvalue weighted by molar-refractivity contribution is -0.151. The average molecular weight is 607 g/mol. The molecule has 3 atom stereocenters. The Labute approximate surface area is 237 Å². The number of carboxylic acids is 2. The highest BCUT2D eigenvalue weighted by Crippen LogP contribution is 2.41. The van der Waals surface area contributed by atoms with Crippen LogP contribution in [0.5, 0.6) is 0 Å². The van der Waals surface area contributed by atoms with Gasteiger partial charge in [0.25, 0.3) is 11.8 Å². The number of aliphatic carboxylic acids is 2. The standard InChI is InChI=1S/C23H19ClN6O8S2/c24-12-3-1-2-10(6-12)18(33)19(34)25-16-20(35)29-17(22(36)37)11(9-40-21(16)29)8-39-14-5-4-13-26-28(7-15(31)32)23(38)30(13)27-14/h1-6,16,18,21,33H,7-9H2,(H,25,34)(H,31,32)(H,36,37)/t16?,18-,21-/m1/s1. The topological polar surface area (TPSA) is 196 Å². The second-order valence-corrected chi connectivity index (χ2v) is 11.2. The molecule has 208 valence electrons. The van der Waals surface area contributed by atoms with E-state index < -0.39 is 53.5 Å². The van der Waals surface area contributed by atoms with Gasteiger partial charge >= 0.3 is 17.6 Å². The van der Waals surface area contributed by atoms with E-state index in [0.29, 0.717) is 15.6 Å². The number of carbonyl (C=O) groups excluding carboxylic acids is 2. The van der Waals surface area contributed by atoms with Gasteiger partial charge in [0, 0.05) is 16.5 Å². The highest BCUT2D eigenvalue weighted by molar-refractivity contribution is 8.01. The van der Waals surface area contributed by atoms with Crippen molar-refractivity contribution < 1.29 is 34.5 Å². The second kappa shape index (κ2) is 11.0. The molecule has 40 heavy (non-hydrogen) atoms. The lowest BCUT2D eigenvalue weighted by atomic mass is 10.0. The predicted octanol–water partition coefficient (Wildman–Crippen LogP) is 0.193. The van der Waals surface area contributed by atoms with Gasteiger partial charge in [-0.2, -0.15) is 14.3 Å². The summed E-state index contributed by atoms with van der Waals surface area (Å²) in [6, 6.07) is 8.12. The van der Waals surface area contributed by atoms with Crippen molar-refractivity contribution in [3.8, 4) is 0 Å². The van der Waals surface area contributed by atoms with E-state index in [-0.39, 0.29) is 28.4 Å². The summed E-state index contributed by atoms with van der Waals surface area (Å²) < 4.78 is 1.72. The summed E-state index contributed by atoms with van der Waals surface area (Å²) in [5.74, 6) is -3.61. The Bertz CT molecular complexity index is 1660. The summed E-state index contributed by atoms with van der Waals surface area (Å²) in [5, 5.41) is 39.8. The number of rotatable bonds is 9. The molecule has 0 aliphatic carbocycles. The fraction of sp³-hybridized carbons (Fsp3) is 0.261. The number of carbonyl (C=O) groups is 4. The van der Waals surface area contributed by atoms with Crippen LogP contribution < -0.4 is 11.0 Å². The minimum Gasteiger partial charge on any atom is -0.480 e. The Morgan fingerprint density at radius 2 is 1.95 bits per heavy atom. The van der Waals surface area contributed by atoms with Crippen LogP contribution in [-0.2, 0) is 25.7 Å². The third kappa shape index (κ3) is 5.17. The van der Waals surface area contributed by atoms with Crippen LogP contribution in [0.2, 0.25) is 5.02 Å². The Balaban J connectivity index is 1.29. The van der Waals surface area contributed by atoms with E-state index in [1.165, 1.54) is 30.0 Å². The van der Waals surface area contributed by atoms with Crippen molar-refractivity contribution in [2.75, 3.05) is 11.5 Å². The Morgan fingerprint density at radius 1 is 1.18 bits per heavy atom. The maximum atomic E-state index is 12.9. The highest BCUT2D eigenvalue weighted by Gasteiger charge is 2.54. The van der Waals surface area contributed by atoms with Gasteiger partial charge in [-0.05, 0) is 35.4 Å². The Kier molecular flexibility index (Phi) is 7.59. The number of benzene rings is 1. The van der Waals surface area contributed by atoms with Crippen LogP contribution >= 0.6 is 35.1 Å². The van der Waals surface area contributed by atoms with Gasteiger partial charge in [-0.3, -0.25) is 19.3 Å². The molecule has 0 bridgehead atoms. The van der Waals surface area contributed by atoms with Crippen molar-refractivity contribution in [1.82, 2.24) is 29.6 Å². The zero-order valence-corrected chi connectivity index (χ0v) is 22.5.